The number of benzene rings is 3. The molecule has 2 atom stereocenters. The Balaban J connectivity index is 1.58. The zero-order valence-electron chi connectivity index (χ0n) is 19.7. The van der Waals surface area contributed by atoms with Crippen molar-refractivity contribution in [2.45, 2.75) is 64.8 Å². The van der Waals surface area contributed by atoms with Crippen molar-refractivity contribution in [3.05, 3.63) is 95.3 Å². The minimum atomic E-state index is -0.565. The Bertz CT molecular complexity index is 1050. The summed E-state index contributed by atoms with van der Waals surface area (Å²) in [6.07, 6.45) is -0.546. The maximum atomic E-state index is 13.2. The predicted octanol–water partition coefficient (Wildman–Crippen LogP) is 6.66. The lowest BCUT2D eigenvalue weighted by atomic mass is 9.87. The first-order valence-electron chi connectivity index (χ1n) is 11.4. The number of hydrogen-bond donors (Lipinski definition) is 1. The van der Waals surface area contributed by atoms with Crippen LogP contribution in [0.5, 0.6) is 5.75 Å². The van der Waals surface area contributed by atoms with Gasteiger partial charge in [0.25, 0.3) is 0 Å². The monoisotopic (exact) mass is 449 g/mol. The van der Waals surface area contributed by atoms with Gasteiger partial charge in [0.2, 0.25) is 0 Å². The molecular weight excluding hydrogens is 417 g/mol. The van der Waals surface area contributed by atoms with Gasteiger partial charge >= 0.3 is 0 Å². The fraction of sp³-hybridized carbons (Fsp3) is 0.357. The Morgan fingerprint density at radius 3 is 2.39 bits per heavy atom. The molecule has 1 aliphatic heterocycles. The van der Waals surface area contributed by atoms with Crippen LogP contribution < -0.4 is 10.1 Å². The first kappa shape index (κ1) is 23.3. The molecule has 4 rings (SSSR count). The number of hydrogen-bond acceptors (Lipinski definition) is 4. The van der Waals surface area contributed by atoms with Gasteiger partial charge in [0, 0.05) is 17.8 Å². The zero-order valence-corrected chi connectivity index (χ0v) is 19.7. The Kier molecular flexibility index (Phi) is 7.01. The number of anilines is 1. The molecule has 1 heterocycles. The molecule has 4 nitrogen and oxygen atoms in total. The van der Waals surface area contributed by atoms with E-state index < -0.39 is 5.60 Å². The topological polar surface area (TPSA) is 39.7 Å². The summed E-state index contributed by atoms with van der Waals surface area (Å²) in [4.78, 5) is 0. The van der Waals surface area contributed by atoms with Gasteiger partial charge in [-0.3, -0.25) is 0 Å². The van der Waals surface area contributed by atoms with Crippen LogP contribution in [0.4, 0.5) is 10.1 Å². The summed E-state index contributed by atoms with van der Waals surface area (Å²) < 4.78 is 32.4. The molecule has 0 radical (unpaired) electrons. The summed E-state index contributed by atoms with van der Waals surface area (Å²) in [5.74, 6) is 0.569. The van der Waals surface area contributed by atoms with E-state index in [9.17, 15) is 4.39 Å². The van der Waals surface area contributed by atoms with Crippen LogP contribution in [0.1, 0.15) is 50.5 Å². The summed E-state index contributed by atoms with van der Waals surface area (Å²) in [5.41, 5.74) is 3.46. The van der Waals surface area contributed by atoms with E-state index in [4.69, 9.17) is 14.2 Å². The minimum absolute atomic E-state index is 0.0235. The molecule has 0 amide bonds. The average molecular weight is 450 g/mol. The van der Waals surface area contributed by atoms with Crippen LogP contribution in [0.15, 0.2) is 72.8 Å². The quantitative estimate of drug-likeness (QED) is 0.417. The molecule has 174 valence electrons. The third kappa shape index (κ3) is 5.73. The standard InChI is InChI=1S/C28H32FNO3/c1-19(2)32-26-24-16-23(30-17-20-10-12-22(29)13-11-20)14-15-25(24)33-28(3,4)27(26)31-18-21-8-6-5-7-9-21/h5-16,19,26-27,30H,17-18H2,1-4H3. The Hall–Kier alpha value is -2.89. The van der Waals surface area contributed by atoms with Gasteiger partial charge in [-0.05, 0) is 69.2 Å². The molecule has 0 aromatic heterocycles. The minimum Gasteiger partial charge on any atom is -0.485 e. The molecule has 0 spiro atoms. The number of rotatable bonds is 8. The maximum Gasteiger partial charge on any atom is 0.132 e. The Morgan fingerprint density at radius 2 is 1.70 bits per heavy atom. The highest BCUT2D eigenvalue weighted by Crippen LogP contribution is 2.45. The van der Waals surface area contributed by atoms with Gasteiger partial charge in [0.05, 0.1) is 12.7 Å². The molecule has 0 saturated heterocycles. The highest BCUT2D eigenvalue weighted by molar-refractivity contribution is 5.54. The molecule has 33 heavy (non-hydrogen) atoms. The van der Waals surface area contributed by atoms with Gasteiger partial charge in [0.1, 0.15) is 29.4 Å². The van der Waals surface area contributed by atoms with Gasteiger partial charge in [-0.1, -0.05) is 42.5 Å². The lowest BCUT2D eigenvalue weighted by Crippen LogP contribution is -2.51. The van der Waals surface area contributed by atoms with E-state index in [1.54, 1.807) is 12.1 Å². The van der Waals surface area contributed by atoms with Crippen LogP contribution in [0, 0.1) is 5.82 Å². The van der Waals surface area contributed by atoms with Crippen LogP contribution >= 0.6 is 0 Å². The van der Waals surface area contributed by atoms with E-state index in [0.717, 1.165) is 28.1 Å². The molecule has 1 aliphatic rings. The van der Waals surface area contributed by atoms with Crippen LogP contribution in [0.25, 0.3) is 0 Å². The summed E-state index contributed by atoms with van der Waals surface area (Å²) in [5, 5.41) is 3.42. The highest BCUT2D eigenvalue weighted by Gasteiger charge is 2.46. The molecule has 0 bridgehead atoms. The molecule has 0 fully saturated rings. The third-order valence-electron chi connectivity index (χ3n) is 5.75. The maximum absolute atomic E-state index is 13.2. The average Bonchev–Trinajstić information content (AvgIpc) is 2.78. The Labute approximate surface area is 195 Å². The Morgan fingerprint density at radius 1 is 0.970 bits per heavy atom. The van der Waals surface area contributed by atoms with Crippen molar-refractivity contribution in [3.63, 3.8) is 0 Å². The smallest absolute Gasteiger partial charge is 0.132 e. The van der Waals surface area contributed by atoms with Crippen molar-refractivity contribution in [1.29, 1.82) is 0 Å². The number of ether oxygens (including phenoxy) is 3. The molecule has 5 heteroatoms. The van der Waals surface area contributed by atoms with Crippen LogP contribution in [0.2, 0.25) is 0 Å². The van der Waals surface area contributed by atoms with E-state index in [1.165, 1.54) is 12.1 Å². The molecular formula is C28H32FNO3. The molecule has 0 saturated carbocycles. The molecule has 2 unspecified atom stereocenters. The van der Waals surface area contributed by atoms with Gasteiger partial charge < -0.3 is 19.5 Å². The normalized spacial score (nSPS) is 19.1. The van der Waals surface area contributed by atoms with Crippen molar-refractivity contribution in [2.24, 2.45) is 0 Å². The molecule has 3 aromatic carbocycles. The second kappa shape index (κ2) is 9.94. The fourth-order valence-electron chi connectivity index (χ4n) is 4.14. The summed E-state index contributed by atoms with van der Waals surface area (Å²) in [7, 11) is 0. The van der Waals surface area contributed by atoms with Crippen LogP contribution in [0.3, 0.4) is 0 Å². The largest absolute Gasteiger partial charge is 0.485 e. The van der Waals surface area contributed by atoms with Crippen LogP contribution in [-0.2, 0) is 22.6 Å². The van der Waals surface area contributed by atoms with Crippen molar-refractivity contribution >= 4 is 5.69 Å². The molecule has 1 N–H and O–H groups in total. The predicted molar refractivity (Wildman–Crippen MR) is 129 cm³/mol. The number of fused-ring (bicyclic) bond motifs is 1. The van der Waals surface area contributed by atoms with Crippen molar-refractivity contribution in [2.75, 3.05) is 5.32 Å². The first-order chi connectivity index (χ1) is 15.8. The van der Waals surface area contributed by atoms with E-state index in [1.807, 2.05) is 58.0 Å². The lowest BCUT2D eigenvalue weighted by Gasteiger charge is -2.45. The van der Waals surface area contributed by atoms with Gasteiger partial charge in [-0.2, -0.15) is 0 Å². The van der Waals surface area contributed by atoms with E-state index in [0.29, 0.717) is 13.2 Å². The summed E-state index contributed by atoms with van der Waals surface area (Å²) in [6.45, 7) is 9.23. The zero-order chi connectivity index (χ0) is 23.4. The van der Waals surface area contributed by atoms with Crippen molar-refractivity contribution in [3.8, 4) is 5.75 Å². The van der Waals surface area contributed by atoms with Gasteiger partial charge in [-0.15, -0.1) is 0 Å². The summed E-state index contributed by atoms with van der Waals surface area (Å²) >= 11 is 0. The van der Waals surface area contributed by atoms with Crippen molar-refractivity contribution < 1.29 is 18.6 Å². The first-order valence-corrected chi connectivity index (χ1v) is 11.4. The van der Waals surface area contributed by atoms with E-state index >= 15 is 0 Å². The SMILES string of the molecule is CC(C)OC1c2cc(NCc3ccc(F)cc3)ccc2OC(C)(C)C1OCc1ccccc1. The van der Waals surface area contributed by atoms with Gasteiger partial charge in [0.15, 0.2) is 0 Å². The van der Waals surface area contributed by atoms with Gasteiger partial charge in [-0.25, -0.2) is 4.39 Å². The third-order valence-corrected chi connectivity index (χ3v) is 5.75. The highest BCUT2D eigenvalue weighted by atomic mass is 19.1. The number of halogens is 1. The summed E-state index contributed by atoms with van der Waals surface area (Å²) in [6, 6.07) is 22.7. The molecule has 0 aliphatic carbocycles. The van der Waals surface area contributed by atoms with E-state index in [-0.39, 0.29) is 24.1 Å². The van der Waals surface area contributed by atoms with Crippen molar-refractivity contribution in [1.82, 2.24) is 0 Å². The second-order valence-corrected chi connectivity index (χ2v) is 9.26. The van der Waals surface area contributed by atoms with Crippen LogP contribution in [-0.4, -0.2) is 17.8 Å². The molecule has 3 aromatic rings. The fourth-order valence-corrected chi connectivity index (χ4v) is 4.14. The second-order valence-electron chi connectivity index (χ2n) is 9.26. The lowest BCUT2D eigenvalue weighted by molar-refractivity contribution is -0.177. The van der Waals surface area contributed by atoms with E-state index in [2.05, 4.69) is 23.5 Å². The number of nitrogens with one attached hydrogen (secondary N) is 1.